The molecule has 0 radical (unpaired) electrons. The summed E-state index contributed by atoms with van der Waals surface area (Å²) in [6.45, 7) is 1.35. The number of hydrogen-bond acceptors (Lipinski definition) is 4. The molecule has 6 nitrogen and oxygen atoms in total. The number of H-pyrrole nitrogens is 1. The molecule has 2 aliphatic heterocycles. The highest BCUT2D eigenvalue weighted by Crippen LogP contribution is 2.42. The summed E-state index contributed by atoms with van der Waals surface area (Å²) >= 11 is 0. The molecule has 3 aromatic rings. The van der Waals surface area contributed by atoms with E-state index in [0.717, 1.165) is 42.8 Å². The van der Waals surface area contributed by atoms with Crippen molar-refractivity contribution in [3.8, 4) is 11.5 Å². The number of nitrogens with two attached hydrogens (primary N) is 1. The fourth-order valence-electron chi connectivity index (χ4n) is 4.50. The topological polar surface area (TPSA) is 80.6 Å². The Labute approximate surface area is 163 Å². The van der Waals surface area contributed by atoms with Gasteiger partial charge in [-0.25, -0.2) is 0 Å². The number of carbonyl (C=O) groups excluding carboxylic acids is 1. The Kier molecular flexibility index (Phi) is 4.20. The van der Waals surface area contributed by atoms with E-state index in [1.807, 2.05) is 6.07 Å². The van der Waals surface area contributed by atoms with Crippen LogP contribution in [0.2, 0.25) is 0 Å². The molecule has 0 aliphatic carbocycles. The van der Waals surface area contributed by atoms with Gasteiger partial charge in [-0.15, -0.1) is 0 Å². The van der Waals surface area contributed by atoms with Crippen molar-refractivity contribution >= 4 is 16.8 Å². The van der Waals surface area contributed by atoms with Crippen molar-refractivity contribution in [2.75, 3.05) is 19.9 Å². The highest BCUT2D eigenvalue weighted by atomic mass is 16.7. The van der Waals surface area contributed by atoms with E-state index in [0.29, 0.717) is 0 Å². The van der Waals surface area contributed by atoms with Gasteiger partial charge in [-0.05, 0) is 54.2 Å². The van der Waals surface area contributed by atoms with Crippen molar-refractivity contribution in [1.29, 1.82) is 0 Å². The van der Waals surface area contributed by atoms with E-state index in [-0.39, 0.29) is 25.3 Å². The lowest BCUT2D eigenvalue weighted by Crippen LogP contribution is -2.41. The first-order valence-electron chi connectivity index (χ1n) is 9.69. The molecule has 144 valence electrons. The molecule has 1 atom stereocenters. The normalized spacial score (nSPS) is 18.4. The largest absolute Gasteiger partial charge is 0.454 e. The molecule has 1 unspecified atom stereocenters. The number of fused-ring (bicyclic) bond motifs is 3. The first kappa shape index (κ1) is 17.1. The van der Waals surface area contributed by atoms with Crippen molar-refractivity contribution in [3.05, 3.63) is 59.3 Å². The van der Waals surface area contributed by atoms with E-state index in [2.05, 4.69) is 46.4 Å². The number of aromatic amines is 1. The van der Waals surface area contributed by atoms with Gasteiger partial charge in [0.2, 0.25) is 12.7 Å². The Balaban J connectivity index is 1.46. The van der Waals surface area contributed by atoms with E-state index in [9.17, 15) is 4.79 Å². The predicted molar refractivity (Wildman–Crippen MR) is 106 cm³/mol. The van der Waals surface area contributed by atoms with E-state index in [1.165, 1.54) is 22.1 Å². The lowest BCUT2D eigenvalue weighted by atomic mass is 9.88. The van der Waals surface area contributed by atoms with Crippen LogP contribution in [0.5, 0.6) is 11.5 Å². The highest BCUT2D eigenvalue weighted by molar-refractivity contribution is 5.83. The van der Waals surface area contributed by atoms with E-state index >= 15 is 0 Å². The van der Waals surface area contributed by atoms with Gasteiger partial charge >= 0.3 is 0 Å². The van der Waals surface area contributed by atoms with Gasteiger partial charge in [0.05, 0.1) is 6.54 Å². The Morgan fingerprint density at radius 1 is 1.21 bits per heavy atom. The van der Waals surface area contributed by atoms with Crippen LogP contribution in [0, 0.1) is 0 Å². The van der Waals surface area contributed by atoms with Crippen molar-refractivity contribution in [2.24, 2.45) is 5.73 Å². The maximum absolute atomic E-state index is 11.7. The fraction of sp³-hybridized carbons (Fsp3) is 0.318. The molecular formula is C22H23N3O3. The summed E-state index contributed by atoms with van der Waals surface area (Å²) in [7, 11) is 0. The quantitative estimate of drug-likeness (QED) is 0.716. The number of ether oxygens (including phenoxy) is 2. The molecule has 0 bridgehead atoms. The van der Waals surface area contributed by atoms with Gasteiger partial charge in [-0.1, -0.05) is 18.2 Å². The number of para-hydroxylation sites is 1. The van der Waals surface area contributed by atoms with E-state index in [1.54, 1.807) is 0 Å². The molecule has 6 heteroatoms. The third kappa shape index (κ3) is 2.99. The number of nitrogens with zero attached hydrogens (tertiary/aromatic N) is 1. The molecule has 1 aromatic heterocycles. The summed E-state index contributed by atoms with van der Waals surface area (Å²) in [5, 5.41) is 1.26. The number of carbonyl (C=O) groups is 1. The van der Waals surface area contributed by atoms with Gasteiger partial charge < -0.3 is 20.2 Å². The molecule has 5 rings (SSSR count). The number of amides is 1. The monoisotopic (exact) mass is 377 g/mol. The van der Waals surface area contributed by atoms with Gasteiger partial charge in [-0.3, -0.25) is 9.69 Å². The Bertz CT molecular complexity index is 1040. The third-order valence-corrected chi connectivity index (χ3v) is 5.82. The van der Waals surface area contributed by atoms with Crippen LogP contribution in [-0.4, -0.2) is 35.7 Å². The second-order valence-electron chi connectivity index (χ2n) is 7.51. The second-order valence-corrected chi connectivity index (χ2v) is 7.51. The Morgan fingerprint density at radius 2 is 2.04 bits per heavy atom. The SMILES string of the molecule is NC(=O)CN1CCc2cc3c(cc2C1CCc1c[nH]c2ccccc12)OCO3. The van der Waals surface area contributed by atoms with Gasteiger partial charge in [-0.2, -0.15) is 0 Å². The molecule has 0 spiro atoms. The summed E-state index contributed by atoms with van der Waals surface area (Å²) < 4.78 is 11.1. The highest BCUT2D eigenvalue weighted by Gasteiger charge is 2.31. The minimum absolute atomic E-state index is 0.124. The summed E-state index contributed by atoms with van der Waals surface area (Å²) in [4.78, 5) is 17.2. The van der Waals surface area contributed by atoms with Crippen LogP contribution >= 0.6 is 0 Å². The molecule has 0 saturated carbocycles. The van der Waals surface area contributed by atoms with E-state index in [4.69, 9.17) is 15.2 Å². The molecule has 28 heavy (non-hydrogen) atoms. The van der Waals surface area contributed by atoms with E-state index < -0.39 is 0 Å². The maximum Gasteiger partial charge on any atom is 0.231 e. The lowest BCUT2D eigenvalue weighted by molar-refractivity contribution is -0.119. The average Bonchev–Trinajstić information content (AvgIpc) is 3.31. The van der Waals surface area contributed by atoms with Crippen LogP contribution in [0.1, 0.15) is 29.2 Å². The predicted octanol–water partition coefficient (Wildman–Crippen LogP) is 2.91. The lowest BCUT2D eigenvalue weighted by Gasteiger charge is -2.37. The van der Waals surface area contributed by atoms with Crippen molar-refractivity contribution in [1.82, 2.24) is 9.88 Å². The first-order chi connectivity index (χ1) is 13.7. The molecule has 3 heterocycles. The zero-order valence-electron chi connectivity index (χ0n) is 15.6. The zero-order chi connectivity index (χ0) is 19.1. The smallest absolute Gasteiger partial charge is 0.231 e. The Hall–Kier alpha value is -2.99. The number of rotatable bonds is 5. The molecule has 0 fully saturated rings. The molecular weight excluding hydrogens is 354 g/mol. The van der Waals surface area contributed by atoms with Crippen LogP contribution in [0.4, 0.5) is 0 Å². The first-order valence-corrected chi connectivity index (χ1v) is 9.69. The molecule has 1 amide bonds. The van der Waals surface area contributed by atoms with Crippen LogP contribution in [0.3, 0.4) is 0 Å². The summed E-state index contributed by atoms with van der Waals surface area (Å²) in [5.41, 5.74) is 10.5. The summed E-state index contributed by atoms with van der Waals surface area (Å²) in [6, 6.07) is 12.7. The Morgan fingerprint density at radius 3 is 2.89 bits per heavy atom. The second kappa shape index (κ2) is 6.87. The number of hydrogen-bond donors (Lipinski definition) is 2. The van der Waals surface area contributed by atoms with Gasteiger partial charge in [0.15, 0.2) is 11.5 Å². The molecule has 2 aromatic carbocycles. The number of benzene rings is 2. The number of primary amides is 1. The van der Waals surface area contributed by atoms with Crippen molar-refractivity contribution in [2.45, 2.75) is 25.3 Å². The number of aryl methyl sites for hydroxylation is 1. The maximum atomic E-state index is 11.7. The zero-order valence-corrected chi connectivity index (χ0v) is 15.6. The van der Waals surface area contributed by atoms with Crippen LogP contribution in [-0.2, 0) is 17.6 Å². The summed E-state index contributed by atoms with van der Waals surface area (Å²) in [6.07, 6.45) is 4.79. The van der Waals surface area contributed by atoms with Crippen LogP contribution < -0.4 is 15.2 Å². The van der Waals surface area contributed by atoms with Gasteiger partial charge in [0.1, 0.15) is 0 Å². The summed E-state index contributed by atoms with van der Waals surface area (Å²) in [5.74, 6) is 1.32. The van der Waals surface area contributed by atoms with Crippen LogP contribution in [0.25, 0.3) is 10.9 Å². The molecule has 0 saturated heterocycles. The van der Waals surface area contributed by atoms with Crippen molar-refractivity contribution in [3.63, 3.8) is 0 Å². The average molecular weight is 377 g/mol. The minimum Gasteiger partial charge on any atom is -0.454 e. The minimum atomic E-state index is -0.290. The standard InChI is InChI=1S/C22H23N3O3/c23-22(26)12-25-8-7-14-9-20-21(28-13-27-20)10-17(14)19(25)6-5-15-11-24-18-4-2-1-3-16(15)18/h1-4,9-11,19,24H,5-8,12-13H2,(H2,23,26). The number of aromatic nitrogens is 1. The van der Waals surface area contributed by atoms with Crippen LogP contribution in [0.15, 0.2) is 42.6 Å². The molecule has 3 N–H and O–H groups in total. The van der Waals surface area contributed by atoms with Gasteiger partial charge in [0.25, 0.3) is 0 Å². The fourth-order valence-corrected chi connectivity index (χ4v) is 4.50. The third-order valence-electron chi connectivity index (χ3n) is 5.82. The number of nitrogens with one attached hydrogen (secondary N) is 1. The van der Waals surface area contributed by atoms with Gasteiger partial charge in [0, 0.05) is 29.7 Å². The van der Waals surface area contributed by atoms with Crippen molar-refractivity contribution < 1.29 is 14.3 Å². The molecule has 2 aliphatic rings.